The molecular weight excluding hydrogens is 252 g/mol. The molecule has 0 bridgehead atoms. The van der Waals surface area contributed by atoms with E-state index in [4.69, 9.17) is 4.42 Å². The molecule has 0 radical (unpaired) electrons. The average molecular weight is 268 g/mol. The van der Waals surface area contributed by atoms with Gasteiger partial charge in [0.15, 0.2) is 11.5 Å². The second-order valence-electron chi connectivity index (χ2n) is 4.29. The van der Waals surface area contributed by atoms with Crippen molar-refractivity contribution in [2.24, 2.45) is 0 Å². The fourth-order valence-corrected chi connectivity index (χ4v) is 2.95. The first-order valence-electron chi connectivity index (χ1n) is 5.82. The van der Waals surface area contributed by atoms with Crippen LogP contribution in [0.3, 0.4) is 0 Å². The van der Waals surface area contributed by atoms with Crippen LogP contribution in [0, 0.1) is 6.92 Å². The van der Waals surface area contributed by atoms with Crippen LogP contribution in [0.2, 0.25) is 0 Å². The summed E-state index contributed by atoms with van der Waals surface area (Å²) in [7, 11) is -3.49. The van der Waals surface area contributed by atoms with Gasteiger partial charge in [0.1, 0.15) is 5.52 Å². The molecule has 1 heterocycles. The summed E-state index contributed by atoms with van der Waals surface area (Å²) in [5.74, 6) is 0.523. The van der Waals surface area contributed by atoms with E-state index in [2.05, 4.69) is 9.71 Å². The molecular formula is C12H16N2O3S. The quantitative estimate of drug-likeness (QED) is 0.922. The maximum Gasteiger partial charge on any atom is 0.240 e. The molecule has 0 aliphatic rings. The molecule has 0 amide bonds. The molecule has 5 nitrogen and oxygen atoms in total. The molecule has 0 fully saturated rings. The van der Waals surface area contributed by atoms with E-state index in [0.29, 0.717) is 17.0 Å². The number of benzene rings is 1. The smallest absolute Gasteiger partial charge is 0.240 e. The Morgan fingerprint density at radius 3 is 2.83 bits per heavy atom. The molecule has 2 aromatic rings. The zero-order valence-electron chi connectivity index (χ0n) is 10.6. The van der Waals surface area contributed by atoms with Gasteiger partial charge in [-0.25, -0.2) is 18.1 Å². The van der Waals surface area contributed by atoms with Gasteiger partial charge in [0, 0.05) is 13.0 Å². The Balaban J connectivity index is 2.41. The van der Waals surface area contributed by atoms with Crippen molar-refractivity contribution in [1.82, 2.24) is 9.71 Å². The van der Waals surface area contributed by atoms with Crippen LogP contribution in [0.15, 0.2) is 27.5 Å². The number of aromatic nitrogens is 1. The number of oxazole rings is 1. The van der Waals surface area contributed by atoms with E-state index in [-0.39, 0.29) is 10.9 Å². The van der Waals surface area contributed by atoms with Gasteiger partial charge in [-0.3, -0.25) is 0 Å². The van der Waals surface area contributed by atoms with E-state index in [1.807, 2.05) is 13.8 Å². The summed E-state index contributed by atoms with van der Waals surface area (Å²) in [6.07, 6.45) is 0.741. The van der Waals surface area contributed by atoms with E-state index in [1.165, 1.54) is 12.1 Å². The first kappa shape index (κ1) is 13.0. The second kappa shape index (κ2) is 4.70. The normalized spacial score (nSPS) is 13.9. The minimum absolute atomic E-state index is 0.0928. The van der Waals surface area contributed by atoms with Crippen LogP contribution in [0.25, 0.3) is 11.1 Å². The maximum absolute atomic E-state index is 12.1. The molecule has 1 N–H and O–H groups in total. The summed E-state index contributed by atoms with van der Waals surface area (Å²) >= 11 is 0. The van der Waals surface area contributed by atoms with Crippen molar-refractivity contribution < 1.29 is 12.8 Å². The van der Waals surface area contributed by atoms with Crippen molar-refractivity contribution in [3.05, 3.63) is 24.1 Å². The number of nitrogens with zero attached hydrogens (tertiary/aromatic N) is 1. The Morgan fingerprint density at radius 2 is 2.17 bits per heavy atom. The number of sulfonamides is 1. The van der Waals surface area contributed by atoms with Gasteiger partial charge < -0.3 is 4.42 Å². The summed E-state index contributed by atoms with van der Waals surface area (Å²) in [5.41, 5.74) is 1.15. The summed E-state index contributed by atoms with van der Waals surface area (Å²) < 4.78 is 32.1. The van der Waals surface area contributed by atoms with Crippen molar-refractivity contribution in [1.29, 1.82) is 0 Å². The number of hydrogen-bond acceptors (Lipinski definition) is 4. The lowest BCUT2D eigenvalue weighted by Gasteiger charge is -2.11. The Hall–Kier alpha value is -1.40. The molecule has 1 unspecified atom stereocenters. The van der Waals surface area contributed by atoms with Crippen LogP contribution in [0.1, 0.15) is 26.2 Å². The van der Waals surface area contributed by atoms with Gasteiger partial charge in [-0.15, -0.1) is 0 Å². The number of rotatable bonds is 4. The SMILES string of the molecule is CCC(C)NS(=O)(=O)c1ccc2oc(C)nc2c1. The molecule has 18 heavy (non-hydrogen) atoms. The lowest BCUT2D eigenvalue weighted by molar-refractivity contribution is 0.556. The molecule has 0 aliphatic carbocycles. The molecule has 0 spiro atoms. The van der Waals surface area contributed by atoms with E-state index in [0.717, 1.165) is 6.42 Å². The average Bonchev–Trinajstić information content (AvgIpc) is 2.67. The fourth-order valence-electron chi connectivity index (χ4n) is 1.61. The van der Waals surface area contributed by atoms with Crippen molar-refractivity contribution in [3.8, 4) is 0 Å². The van der Waals surface area contributed by atoms with Crippen LogP contribution < -0.4 is 4.72 Å². The van der Waals surface area contributed by atoms with Gasteiger partial charge >= 0.3 is 0 Å². The third kappa shape index (κ3) is 2.54. The highest BCUT2D eigenvalue weighted by molar-refractivity contribution is 7.89. The van der Waals surface area contributed by atoms with Gasteiger partial charge in [-0.1, -0.05) is 6.92 Å². The first-order chi connectivity index (χ1) is 8.42. The largest absolute Gasteiger partial charge is 0.441 e. The van der Waals surface area contributed by atoms with Gasteiger partial charge in [-0.05, 0) is 31.5 Å². The van der Waals surface area contributed by atoms with Crippen molar-refractivity contribution in [2.75, 3.05) is 0 Å². The zero-order chi connectivity index (χ0) is 13.3. The lowest BCUT2D eigenvalue weighted by Crippen LogP contribution is -2.31. The van der Waals surface area contributed by atoms with Gasteiger partial charge in [0.2, 0.25) is 10.0 Å². The van der Waals surface area contributed by atoms with E-state index in [9.17, 15) is 8.42 Å². The fraction of sp³-hybridized carbons (Fsp3) is 0.417. The topological polar surface area (TPSA) is 72.2 Å². The first-order valence-corrected chi connectivity index (χ1v) is 7.30. The molecule has 1 aromatic heterocycles. The van der Waals surface area contributed by atoms with E-state index in [1.54, 1.807) is 13.0 Å². The zero-order valence-corrected chi connectivity index (χ0v) is 11.4. The summed E-state index contributed by atoms with van der Waals surface area (Å²) in [4.78, 5) is 4.34. The Morgan fingerprint density at radius 1 is 1.44 bits per heavy atom. The number of hydrogen-bond donors (Lipinski definition) is 1. The third-order valence-electron chi connectivity index (χ3n) is 2.74. The molecule has 1 aromatic carbocycles. The number of fused-ring (bicyclic) bond motifs is 1. The monoisotopic (exact) mass is 268 g/mol. The molecule has 0 aliphatic heterocycles. The minimum atomic E-state index is -3.49. The predicted octanol–water partition coefficient (Wildman–Crippen LogP) is 2.21. The van der Waals surface area contributed by atoms with Crippen LogP contribution in [0.4, 0.5) is 0 Å². The van der Waals surface area contributed by atoms with Gasteiger partial charge in [0.05, 0.1) is 4.90 Å². The standard InChI is InChI=1S/C12H16N2O3S/c1-4-8(2)14-18(15,16)10-5-6-12-11(7-10)13-9(3)17-12/h5-8,14H,4H2,1-3H3. The highest BCUT2D eigenvalue weighted by Crippen LogP contribution is 2.19. The van der Waals surface area contributed by atoms with Crippen molar-refractivity contribution >= 4 is 21.1 Å². The van der Waals surface area contributed by atoms with Crippen molar-refractivity contribution in [2.45, 2.75) is 38.1 Å². The molecule has 2 rings (SSSR count). The second-order valence-corrected chi connectivity index (χ2v) is 6.01. The van der Waals surface area contributed by atoms with Crippen molar-refractivity contribution in [3.63, 3.8) is 0 Å². The highest BCUT2D eigenvalue weighted by atomic mass is 32.2. The Labute approximate surface area is 106 Å². The minimum Gasteiger partial charge on any atom is -0.441 e. The Bertz CT molecular complexity index is 661. The van der Waals surface area contributed by atoms with E-state index >= 15 is 0 Å². The van der Waals surface area contributed by atoms with Gasteiger partial charge in [0.25, 0.3) is 0 Å². The summed E-state index contributed by atoms with van der Waals surface area (Å²) in [6.45, 7) is 5.49. The third-order valence-corrected chi connectivity index (χ3v) is 4.33. The van der Waals surface area contributed by atoms with Gasteiger partial charge in [-0.2, -0.15) is 0 Å². The maximum atomic E-state index is 12.1. The number of nitrogens with one attached hydrogen (secondary N) is 1. The molecule has 6 heteroatoms. The predicted molar refractivity (Wildman–Crippen MR) is 68.8 cm³/mol. The Kier molecular flexibility index (Phi) is 3.41. The molecule has 0 saturated heterocycles. The lowest BCUT2D eigenvalue weighted by atomic mass is 10.3. The highest BCUT2D eigenvalue weighted by Gasteiger charge is 2.17. The number of aryl methyl sites for hydroxylation is 1. The molecule has 98 valence electrons. The summed E-state index contributed by atoms with van der Waals surface area (Å²) in [5, 5.41) is 0. The molecule has 0 saturated carbocycles. The van der Waals surface area contributed by atoms with Crippen LogP contribution in [-0.2, 0) is 10.0 Å². The van der Waals surface area contributed by atoms with Crippen LogP contribution >= 0.6 is 0 Å². The van der Waals surface area contributed by atoms with E-state index < -0.39 is 10.0 Å². The van der Waals surface area contributed by atoms with Crippen LogP contribution in [-0.4, -0.2) is 19.4 Å². The summed E-state index contributed by atoms with van der Waals surface area (Å²) in [6, 6.07) is 4.58. The molecule has 1 atom stereocenters. The van der Waals surface area contributed by atoms with Crippen LogP contribution in [0.5, 0.6) is 0 Å².